The molecule has 2 fully saturated rings. The van der Waals surface area contributed by atoms with Crippen LogP contribution in [0.2, 0.25) is 0 Å². The Hall–Kier alpha value is -0.0800. The van der Waals surface area contributed by atoms with E-state index in [1.165, 1.54) is 57.8 Å². The van der Waals surface area contributed by atoms with Gasteiger partial charge in [0, 0.05) is 18.1 Å². The average molecular weight is 210 g/mol. The van der Waals surface area contributed by atoms with Gasteiger partial charge in [0.25, 0.3) is 0 Å². The summed E-state index contributed by atoms with van der Waals surface area (Å²) >= 11 is 0. The lowest BCUT2D eigenvalue weighted by molar-refractivity contribution is 0.0618. The van der Waals surface area contributed by atoms with E-state index in [2.05, 4.69) is 11.9 Å². The molecule has 0 saturated heterocycles. The van der Waals surface area contributed by atoms with Gasteiger partial charge in [-0.1, -0.05) is 32.1 Å². The Balaban J connectivity index is 2.00. The second-order valence-electron chi connectivity index (χ2n) is 5.54. The molecule has 0 aromatic carbocycles. The van der Waals surface area contributed by atoms with Crippen molar-refractivity contribution in [2.75, 3.05) is 13.6 Å². The molecule has 2 rings (SSSR count). The molecule has 15 heavy (non-hydrogen) atoms. The second kappa shape index (κ2) is 4.84. The van der Waals surface area contributed by atoms with Gasteiger partial charge < -0.3 is 5.73 Å². The van der Waals surface area contributed by atoms with Gasteiger partial charge in [-0.05, 0) is 32.7 Å². The van der Waals surface area contributed by atoms with Gasteiger partial charge in [-0.2, -0.15) is 0 Å². The van der Waals surface area contributed by atoms with Gasteiger partial charge in [0.2, 0.25) is 0 Å². The first-order chi connectivity index (χ1) is 7.28. The van der Waals surface area contributed by atoms with Gasteiger partial charge in [-0.3, -0.25) is 4.90 Å². The van der Waals surface area contributed by atoms with Crippen LogP contribution in [0.25, 0.3) is 0 Å². The molecular weight excluding hydrogens is 184 g/mol. The lowest BCUT2D eigenvalue weighted by Gasteiger charge is -2.44. The molecule has 0 amide bonds. The van der Waals surface area contributed by atoms with Crippen molar-refractivity contribution in [1.82, 2.24) is 4.90 Å². The highest BCUT2D eigenvalue weighted by Crippen LogP contribution is 2.37. The minimum Gasteiger partial charge on any atom is -0.329 e. The van der Waals surface area contributed by atoms with Crippen LogP contribution < -0.4 is 5.73 Å². The molecule has 0 aromatic heterocycles. The highest BCUT2D eigenvalue weighted by molar-refractivity contribution is 4.97. The number of nitrogens with two attached hydrogens (primary N) is 1. The Morgan fingerprint density at radius 1 is 1.07 bits per heavy atom. The van der Waals surface area contributed by atoms with Gasteiger partial charge >= 0.3 is 0 Å². The summed E-state index contributed by atoms with van der Waals surface area (Å²) in [7, 11) is 2.33. The molecule has 0 unspecified atom stereocenters. The van der Waals surface area contributed by atoms with E-state index in [0.29, 0.717) is 5.54 Å². The molecule has 0 aliphatic heterocycles. The molecule has 0 radical (unpaired) electrons. The first kappa shape index (κ1) is 11.4. The minimum absolute atomic E-state index is 0.363. The van der Waals surface area contributed by atoms with Crippen LogP contribution in [0.1, 0.15) is 57.8 Å². The number of likely N-dealkylation sites (N-methyl/N-ethyl adjacent to an activating group) is 1. The van der Waals surface area contributed by atoms with Crippen LogP contribution >= 0.6 is 0 Å². The van der Waals surface area contributed by atoms with Crippen molar-refractivity contribution < 1.29 is 0 Å². The van der Waals surface area contributed by atoms with E-state index in [0.717, 1.165) is 12.6 Å². The summed E-state index contributed by atoms with van der Waals surface area (Å²) in [4.78, 5) is 2.65. The third kappa shape index (κ3) is 2.21. The molecule has 0 spiro atoms. The molecule has 0 bridgehead atoms. The Labute approximate surface area is 94.2 Å². The Morgan fingerprint density at radius 2 is 1.67 bits per heavy atom. The number of hydrogen-bond donors (Lipinski definition) is 1. The number of nitrogens with zero attached hydrogens (tertiary/aromatic N) is 1. The fourth-order valence-corrected chi connectivity index (χ4v) is 3.59. The van der Waals surface area contributed by atoms with Crippen LogP contribution in [-0.2, 0) is 0 Å². The normalized spacial score (nSPS) is 27.4. The third-order valence-electron chi connectivity index (χ3n) is 4.78. The largest absolute Gasteiger partial charge is 0.329 e. The quantitative estimate of drug-likeness (QED) is 0.775. The summed E-state index contributed by atoms with van der Waals surface area (Å²) in [6.45, 7) is 0.861. The maximum Gasteiger partial charge on any atom is 0.0331 e. The maximum absolute atomic E-state index is 6.03. The van der Waals surface area contributed by atoms with Gasteiger partial charge in [-0.25, -0.2) is 0 Å². The minimum atomic E-state index is 0.363. The summed E-state index contributed by atoms with van der Waals surface area (Å²) in [5, 5.41) is 0. The summed E-state index contributed by atoms with van der Waals surface area (Å²) < 4.78 is 0. The molecule has 2 saturated carbocycles. The van der Waals surface area contributed by atoms with Crippen molar-refractivity contribution in [2.24, 2.45) is 5.73 Å². The molecule has 2 aliphatic carbocycles. The van der Waals surface area contributed by atoms with Gasteiger partial charge in [-0.15, -0.1) is 0 Å². The molecule has 0 aromatic rings. The second-order valence-corrected chi connectivity index (χ2v) is 5.54. The van der Waals surface area contributed by atoms with Gasteiger partial charge in [0.1, 0.15) is 0 Å². The first-order valence-electron chi connectivity index (χ1n) is 6.71. The molecule has 2 aliphatic rings. The zero-order valence-electron chi connectivity index (χ0n) is 10.2. The summed E-state index contributed by atoms with van der Waals surface area (Å²) in [6, 6.07) is 0.820. The van der Waals surface area contributed by atoms with E-state index >= 15 is 0 Å². The summed E-state index contributed by atoms with van der Waals surface area (Å²) in [5.74, 6) is 0. The molecule has 0 atom stereocenters. The van der Waals surface area contributed by atoms with Crippen molar-refractivity contribution in [3.05, 3.63) is 0 Å². The molecule has 88 valence electrons. The molecule has 2 N–H and O–H groups in total. The maximum atomic E-state index is 6.03. The third-order valence-corrected chi connectivity index (χ3v) is 4.78. The zero-order valence-corrected chi connectivity index (χ0v) is 10.2. The topological polar surface area (TPSA) is 29.3 Å². The van der Waals surface area contributed by atoms with Crippen molar-refractivity contribution in [1.29, 1.82) is 0 Å². The monoisotopic (exact) mass is 210 g/mol. The highest BCUT2D eigenvalue weighted by atomic mass is 15.2. The van der Waals surface area contributed by atoms with E-state index in [-0.39, 0.29) is 0 Å². The smallest absolute Gasteiger partial charge is 0.0331 e. The lowest BCUT2D eigenvalue weighted by atomic mass is 9.88. The zero-order chi connectivity index (χ0) is 10.7. The van der Waals surface area contributed by atoms with Crippen LogP contribution in [0.3, 0.4) is 0 Å². The lowest BCUT2D eigenvalue weighted by Crippen LogP contribution is -2.54. The van der Waals surface area contributed by atoms with Crippen LogP contribution in [-0.4, -0.2) is 30.1 Å². The number of hydrogen-bond acceptors (Lipinski definition) is 2. The summed E-state index contributed by atoms with van der Waals surface area (Å²) in [6.07, 6.45) is 12.5. The fourth-order valence-electron chi connectivity index (χ4n) is 3.59. The van der Waals surface area contributed by atoms with E-state index < -0.39 is 0 Å². The summed E-state index contributed by atoms with van der Waals surface area (Å²) in [5.41, 5.74) is 6.40. The van der Waals surface area contributed by atoms with Gasteiger partial charge in [0.05, 0.1) is 0 Å². The predicted molar refractivity (Wildman–Crippen MR) is 64.9 cm³/mol. The number of rotatable bonds is 3. The Morgan fingerprint density at radius 3 is 2.20 bits per heavy atom. The molecule has 2 nitrogen and oxygen atoms in total. The van der Waals surface area contributed by atoms with Crippen molar-refractivity contribution in [2.45, 2.75) is 69.4 Å². The Kier molecular flexibility index (Phi) is 3.68. The highest BCUT2D eigenvalue weighted by Gasteiger charge is 2.39. The van der Waals surface area contributed by atoms with E-state index in [1.54, 1.807) is 0 Å². The molecule has 2 heteroatoms. The van der Waals surface area contributed by atoms with Crippen molar-refractivity contribution in [3.8, 4) is 0 Å². The standard InChI is InChI=1S/C13H26N2/c1-15(12-7-3-2-4-8-12)13(11-14)9-5-6-10-13/h12H,2-11,14H2,1H3. The van der Waals surface area contributed by atoms with E-state index in [9.17, 15) is 0 Å². The van der Waals surface area contributed by atoms with Crippen molar-refractivity contribution >= 4 is 0 Å². The van der Waals surface area contributed by atoms with Crippen molar-refractivity contribution in [3.63, 3.8) is 0 Å². The van der Waals surface area contributed by atoms with Crippen LogP contribution in [0.4, 0.5) is 0 Å². The Bertz CT molecular complexity index is 191. The van der Waals surface area contributed by atoms with E-state index in [1.807, 2.05) is 0 Å². The van der Waals surface area contributed by atoms with Gasteiger partial charge in [0.15, 0.2) is 0 Å². The van der Waals surface area contributed by atoms with Crippen LogP contribution in [0, 0.1) is 0 Å². The average Bonchev–Trinajstić information content (AvgIpc) is 2.79. The SMILES string of the molecule is CN(C1CCCCC1)C1(CN)CCCC1. The fraction of sp³-hybridized carbons (Fsp3) is 1.00. The van der Waals surface area contributed by atoms with Crippen LogP contribution in [0.15, 0.2) is 0 Å². The molecule has 0 heterocycles. The molecular formula is C13H26N2. The van der Waals surface area contributed by atoms with E-state index in [4.69, 9.17) is 5.73 Å². The van der Waals surface area contributed by atoms with Crippen LogP contribution in [0.5, 0.6) is 0 Å². The predicted octanol–water partition coefficient (Wildman–Crippen LogP) is 2.52. The first-order valence-corrected chi connectivity index (χ1v) is 6.71.